The number of esters is 1. The van der Waals surface area contributed by atoms with Crippen LogP contribution in [0.4, 0.5) is 0 Å². The monoisotopic (exact) mass is 534 g/mol. The number of aliphatic hydroxyl groups excluding tert-OH is 2. The van der Waals surface area contributed by atoms with Gasteiger partial charge >= 0.3 is 5.97 Å². The van der Waals surface area contributed by atoms with Gasteiger partial charge in [0.25, 0.3) is 0 Å². The molecular weight excluding hydrogens is 496 g/mol. The molecule has 2 N–H and O–H groups in total. The molecule has 2 aliphatic carbocycles. The fourth-order valence-electron chi connectivity index (χ4n) is 7.15. The van der Waals surface area contributed by atoms with Gasteiger partial charge in [0.05, 0.1) is 34.4 Å². The summed E-state index contributed by atoms with van der Waals surface area (Å²) in [6, 6.07) is 18.1. The summed E-state index contributed by atoms with van der Waals surface area (Å²) in [6.07, 6.45) is 0.233. The maximum Gasteiger partial charge on any atom is 0.338 e. The van der Waals surface area contributed by atoms with E-state index in [1.807, 2.05) is 58.0 Å². The van der Waals surface area contributed by atoms with Gasteiger partial charge < -0.3 is 24.4 Å². The third-order valence-electron chi connectivity index (χ3n) is 9.49. The number of benzene rings is 2. The lowest BCUT2D eigenvalue weighted by molar-refractivity contribution is -0.305. The van der Waals surface area contributed by atoms with Gasteiger partial charge in [0.2, 0.25) is 0 Å². The zero-order chi connectivity index (χ0) is 28.0. The molecule has 8 unspecified atom stereocenters. The molecule has 3 fully saturated rings. The molecule has 7 nitrogen and oxygen atoms in total. The van der Waals surface area contributed by atoms with Crippen molar-refractivity contribution in [2.24, 2.45) is 17.3 Å². The molecule has 0 aromatic heterocycles. The number of carbonyl (C=O) groups is 2. The third kappa shape index (κ3) is 4.65. The largest absolute Gasteiger partial charge is 0.455 e. The minimum absolute atomic E-state index is 0.0981. The van der Waals surface area contributed by atoms with Gasteiger partial charge in [-0.3, -0.25) is 4.79 Å². The molecule has 0 amide bonds. The predicted molar refractivity (Wildman–Crippen MR) is 146 cm³/mol. The fraction of sp³-hybridized carbons (Fsp3) is 0.500. The first-order valence-corrected chi connectivity index (χ1v) is 13.7. The highest BCUT2D eigenvalue weighted by molar-refractivity contribution is 5.94. The van der Waals surface area contributed by atoms with E-state index < -0.39 is 52.9 Å². The van der Waals surface area contributed by atoms with Gasteiger partial charge in [0.1, 0.15) is 18.8 Å². The summed E-state index contributed by atoms with van der Waals surface area (Å²) in [5, 5.41) is 22.5. The van der Waals surface area contributed by atoms with E-state index in [9.17, 15) is 19.8 Å². The van der Waals surface area contributed by atoms with Crippen LogP contribution in [-0.2, 0) is 19.0 Å². The molecule has 2 aromatic carbocycles. The van der Waals surface area contributed by atoms with Gasteiger partial charge in [-0.1, -0.05) is 68.5 Å². The molecule has 1 heterocycles. The van der Waals surface area contributed by atoms with Crippen LogP contribution in [0.2, 0.25) is 0 Å². The van der Waals surface area contributed by atoms with Crippen LogP contribution >= 0.6 is 0 Å². The molecule has 39 heavy (non-hydrogen) atoms. The molecule has 2 bridgehead atoms. The van der Waals surface area contributed by atoms with Gasteiger partial charge in [-0.2, -0.15) is 0 Å². The first-order chi connectivity index (χ1) is 18.5. The highest BCUT2D eigenvalue weighted by atomic mass is 16.6. The molecular formula is C32H38O7. The lowest BCUT2D eigenvalue weighted by Crippen LogP contribution is -2.75. The molecule has 2 saturated carbocycles. The molecule has 7 heteroatoms. The van der Waals surface area contributed by atoms with E-state index in [0.29, 0.717) is 18.4 Å². The number of rotatable bonds is 7. The van der Waals surface area contributed by atoms with E-state index in [1.165, 1.54) is 6.08 Å². The van der Waals surface area contributed by atoms with E-state index in [4.69, 9.17) is 14.2 Å². The Morgan fingerprint density at radius 1 is 1.00 bits per heavy atom. The normalized spacial score (nSPS) is 36.9. The second-order valence-corrected chi connectivity index (χ2v) is 12.0. The lowest BCUT2D eigenvalue weighted by atomic mass is 9.49. The quantitative estimate of drug-likeness (QED) is 0.405. The zero-order valence-electron chi connectivity index (χ0n) is 22.9. The Morgan fingerprint density at radius 2 is 1.64 bits per heavy atom. The van der Waals surface area contributed by atoms with Crippen molar-refractivity contribution >= 4 is 17.8 Å². The number of hydrogen-bond acceptors (Lipinski definition) is 7. The minimum atomic E-state index is -1.35. The summed E-state index contributed by atoms with van der Waals surface area (Å²) in [5.74, 6) is -1.16. The number of ether oxygens (including phenoxy) is 3. The van der Waals surface area contributed by atoms with Crippen molar-refractivity contribution in [2.75, 3.05) is 6.61 Å². The van der Waals surface area contributed by atoms with Crippen molar-refractivity contribution in [1.29, 1.82) is 0 Å². The van der Waals surface area contributed by atoms with Gasteiger partial charge in [0, 0.05) is 5.92 Å². The predicted octanol–water partition coefficient (Wildman–Crippen LogP) is 4.22. The van der Waals surface area contributed by atoms with Gasteiger partial charge in [-0.05, 0) is 56.4 Å². The molecule has 208 valence electrons. The Kier molecular flexibility index (Phi) is 7.31. The van der Waals surface area contributed by atoms with E-state index in [0.717, 1.165) is 5.56 Å². The molecule has 1 spiro atoms. The van der Waals surface area contributed by atoms with E-state index in [1.54, 1.807) is 36.4 Å². The van der Waals surface area contributed by atoms with Crippen LogP contribution in [0.25, 0.3) is 6.08 Å². The lowest BCUT2D eigenvalue weighted by Gasteiger charge is -2.62. The van der Waals surface area contributed by atoms with E-state index in [-0.39, 0.29) is 18.3 Å². The number of fused-ring (bicyclic) bond motifs is 1. The van der Waals surface area contributed by atoms with Gasteiger partial charge in [-0.25, -0.2) is 4.79 Å². The SMILES string of the molecule is CC1C(O)C(O)C(OC(=O)c2ccccc2)C2(C)C(OCC(=O)C=Cc3ccccc3)CC3CC12OC3(C)C. The maximum absolute atomic E-state index is 13.2. The van der Waals surface area contributed by atoms with Gasteiger partial charge in [0.15, 0.2) is 5.78 Å². The smallest absolute Gasteiger partial charge is 0.338 e. The van der Waals surface area contributed by atoms with Crippen LogP contribution < -0.4 is 0 Å². The number of hydrogen-bond donors (Lipinski definition) is 2. The van der Waals surface area contributed by atoms with Crippen LogP contribution in [0.3, 0.4) is 0 Å². The molecule has 2 aromatic rings. The summed E-state index contributed by atoms with van der Waals surface area (Å²) in [6.45, 7) is 7.67. The average molecular weight is 535 g/mol. The highest BCUT2D eigenvalue weighted by Crippen LogP contribution is 2.66. The Hall–Kier alpha value is -2.84. The standard InChI is InChI=1S/C32H38O7/c1-20-26(34)27(35)28(38-29(36)22-13-9-6-10-14-22)31(4)25(17-23-18-32(20,31)39-30(23,2)3)37-19-24(33)16-15-21-11-7-5-8-12-21/h5-16,20,23,25-28,34-35H,17-19H2,1-4H3. The summed E-state index contributed by atoms with van der Waals surface area (Å²) in [7, 11) is 0. The summed E-state index contributed by atoms with van der Waals surface area (Å²) < 4.78 is 19.2. The first kappa shape index (κ1) is 27.7. The molecule has 1 aliphatic heterocycles. The second-order valence-electron chi connectivity index (χ2n) is 12.0. The van der Waals surface area contributed by atoms with E-state index in [2.05, 4.69) is 0 Å². The van der Waals surface area contributed by atoms with Gasteiger partial charge in [-0.15, -0.1) is 0 Å². The topological polar surface area (TPSA) is 102 Å². The number of aliphatic hydroxyl groups is 2. The van der Waals surface area contributed by atoms with Crippen molar-refractivity contribution in [3.63, 3.8) is 0 Å². The third-order valence-corrected chi connectivity index (χ3v) is 9.49. The zero-order valence-corrected chi connectivity index (χ0v) is 22.9. The van der Waals surface area contributed by atoms with Crippen molar-refractivity contribution in [2.45, 2.75) is 76.2 Å². The van der Waals surface area contributed by atoms with Crippen molar-refractivity contribution < 1.29 is 34.0 Å². The fourth-order valence-corrected chi connectivity index (χ4v) is 7.15. The van der Waals surface area contributed by atoms with Crippen LogP contribution in [-0.4, -0.2) is 64.2 Å². The highest BCUT2D eigenvalue weighted by Gasteiger charge is 2.76. The molecule has 0 radical (unpaired) electrons. The molecule has 5 rings (SSSR count). The van der Waals surface area contributed by atoms with Crippen molar-refractivity contribution in [3.8, 4) is 0 Å². The first-order valence-electron chi connectivity index (χ1n) is 13.7. The number of carbonyl (C=O) groups excluding carboxylic acids is 2. The van der Waals surface area contributed by atoms with Crippen LogP contribution in [0.5, 0.6) is 0 Å². The Labute approximate surface area is 229 Å². The Balaban J connectivity index is 1.47. The maximum atomic E-state index is 13.2. The Morgan fingerprint density at radius 3 is 2.31 bits per heavy atom. The average Bonchev–Trinajstić information content (AvgIpc) is 3.18. The van der Waals surface area contributed by atoms with Crippen molar-refractivity contribution in [3.05, 3.63) is 77.9 Å². The summed E-state index contributed by atoms with van der Waals surface area (Å²) >= 11 is 0. The molecule has 3 aliphatic rings. The van der Waals surface area contributed by atoms with Crippen LogP contribution in [0.15, 0.2) is 66.7 Å². The molecule has 8 atom stereocenters. The second kappa shape index (κ2) is 10.3. The summed E-state index contributed by atoms with van der Waals surface area (Å²) in [5.41, 5.74) is -1.25. The van der Waals surface area contributed by atoms with Crippen LogP contribution in [0.1, 0.15) is 56.5 Å². The summed E-state index contributed by atoms with van der Waals surface area (Å²) in [4.78, 5) is 26.1. The van der Waals surface area contributed by atoms with E-state index >= 15 is 0 Å². The minimum Gasteiger partial charge on any atom is -0.455 e. The molecule has 1 saturated heterocycles. The Bertz CT molecular complexity index is 1230. The van der Waals surface area contributed by atoms with Crippen molar-refractivity contribution in [1.82, 2.24) is 0 Å². The van der Waals surface area contributed by atoms with Crippen LogP contribution in [0, 0.1) is 17.3 Å². The number of ketones is 1.